The van der Waals surface area contributed by atoms with Gasteiger partial charge in [0.1, 0.15) is 11.6 Å². The number of carbonyl (C=O) groups is 1. The topological polar surface area (TPSA) is 88.3 Å². The van der Waals surface area contributed by atoms with Gasteiger partial charge in [-0.25, -0.2) is 9.97 Å². The van der Waals surface area contributed by atoms with Gasteiger partial charge in [0.2, 0.25) is 11.8 Å². The van der Waals surface area contributed by atoms with Crippen molar-refractivity contribution in [3.8, 4) is 0 Å². The Morgan fingerprint density at radius 3 is 2.44 bits per heavy atom. The number of amides is 1. The predicted molar refractivity (Wildman–Crippen MR) is 90.4 cm³/mol. The van der Waals surface area contributed by atoms with Gasteiger partial charge in [0.25, 0.3) is 0 Å². The fraction of sp³-hybridized carbons (Fsp3) is 0.588. The van der Waals surface area contributed by atoms with Crippen LogP contribution < -0.4 is 4.90 Å². The van der Waals surface area contributed by atoms with Crippen LogP contribution in [0.2, 0.25) is 0 Å². The lowest BCUT2D eigenvalue weighted by molar-refractivity contribution is -0.130. The lowest BCUT2D eigenvalue weighted by Gasteiger charge is -2.45. The Hall–Kier alpha value is -2.51. The van der Waals surface area contributed by atoms with Crippen molar-refractivity contribution in [3.05, 3.63) is 28.8 Å². The van der Waals surface area contributed by atoms with Crippen LogP contribution in [0.3, 0.4) is 0 Å². The van der Waals surface area contributed by atoms with E-state index in [0.29, 0.717) is 24.7 Å². The van der Waals surface area contributed by atoms with E-state index in [1.807, 2.05) is 25.7 Å². The number of aryl methyl sites for hydroxylation is 3. The van der Waals surface area contributed by atoms with Crippen LogP contribution in [0.15, 0.2) is 4.52 Å². The highest BCUT2D eigenvalue weighted by molar-refractivity contribution is 5.80. The zero-order valence-electron chi connectivity index (χ0n) is 15.0. The molecule has 1 amide bonds. The summed E-state index contributed by atoms with van der Waals surface area (Å²) in [6.45, 7) is 10.0. The van der Waals surface area contributed by atoms with Crippen molar-refractivity contribution in [2.24, 2.45) is 0 Å². The van der Waals surface area contributed by atoms with Crippen molar-refractivity contribution in [1.82, 2.24) is 25.0 Å². The molecule has 132 valence electrons. The molecule has 8 heteroatoms. The van der Waals surface area contributed by atoms with Gasteiger partial charge in [-0.05, 0) is 27.7 Å². The molecule has 8 nitrogen and oxygen atoms in total. The van der Waals surface area contributed by atoms with Crippen LogP contribution in [0.5, 0.6) is 0 Å². The summed E-state index contributed by atoms with van der Waals surface area (Å²) in [5.41, 5.74) is 2.12. The number of hydrogen-bond acceptors (Lipinski definition) is 7. The van der Waals surface area contributed by atoms with E-state index >= 15 is 0 Å². The standard InChI is InChI=1S/C17H22N6O2/c1-9-10(2)18-11(3)19-16(9)22-7-14(8-22)23-6-13(5-15(23)24)17-20-12(4)21-25-17/h13-14H,5-8H2,1-4H3. The first-order valence-electron chi connectivity index (χ1n) is 8.59. The van der Waals surface area contributed by atoms with Crippen LogP contribution in [0.4, 0.5) is 5.82 Å². The Morgan fingerprint density at radius 1 is 1.00 bits per heavy atom. The van der Waals surface area contributed by atoms with E-state index in [-0.39, 0.29) is 17.9 Å². The minimum absolute atomic E-state index is 0.00743. The monoisotopic (exact) mass is 342 g/mol. The van der Waals surface area contributed by atoms with Gasteiger partial charge in [-0.15, -0.1) is 0 Å². The van der Waals surface area contributed by atoms with Gasteiger partial charge in [-0.2, -0.15) is 4.98 Å². The van der Waals surface area contributed by atoms with Crippen LogP contribution in [0.1, 0.15) is 41.1 Å². The van der Waals surface area contributed by atoms with Gasteiger partial charge < -0.3 is 14.3 Å². The SMILES string of the molecule is Cc1noc(C2CC(=O)N(C3CN(c4nc(C)nc(C)c4C)C3)C2)n1. The van der Waals surface area contributed by atoms with E-state index in [4.69, 9.17) is 4.52 Å². The fourth-order valence-electron chi connectivity index (χ4n) is 3.61. The third-order valence-electron chi connectivity index (χ3n) is 5.13. The third-order valence-corrected chi connectivity index (χ3v) is 5.13. The summed E-state index contributed by atoms with van der Waals surface area (Å²) in [4.78, 5) is 29.8. The minimum atomic E-state index is 0.00743. The molecule has 0 saturated carbocycles. The normalized spacial score (nSPS) is 21.1. The van der Waals surface area contributed by atoms with Crippen LogP contribution in [-0.2, 0) is 4.79 Å². The number of aromatic nitrogens is 4. The highest BCUT2D eigenvalue weighted by Gasteiger charge is 2.42. The Labute approximate surface area is 146 Å². The zero-order chi connectivity index (χ0) is 17.7. The first kappa shape index (κ1) is 16.0. The second kappa shape index (κ2) is 5.79. The first-order chi connectivity index (χ1) is 11.9. The van der Waals surface area contributed by atoms with Gasteiger partial charge in [0.15, 0.2) is 5.82 Å². The van der Waals surface area contributed by atoms with Crippen LogP contribution in [0.25, 0.3) is 0 Å². The summed E-state index contributed by atoms with van der Waals surface area (Å²) < 4.78 is 5.24. The lowest BCUT2D eigenvalue weighted by atomic mass is 10.1. The second-order valence-electron chi connectivity index (χ2n) is 6.99. The van der Waals surface area contributed by atoms with Crippen LogP contribution in [0, 0.1) is 27.7 Å². The Kier molecular flexibility index (Phi) is 3.70. The molecule has 0 bridgehead atoms. The molecule has 4 heterocycles. The number of hydrogen-bond donors (Lipinski definition) is 0. The molecule has 2 aromatic heterocycles. The van der Waals surface area contributed by atoms with Crippen molar-refractivity contribution in [2.75, 3.05) is 24.5 Å². The van der Waals surface area contributed by atoms with Crippen molar-refractivity contribution < 1.29 is 9.32 Å². The molecule has 25 heavy (non-hydrogen) atoms. The molecule has 4 rings (SSSR count). The molecule has 2 aliphatic rings. The molecular formula is C17H22N6O2. The number of carbonyl (C=O) groups excluding carboxylic acids is 1. The van der Waals surface area contributed by atoms with Gasteiger partial charge in [-0.1, -0.05) is 5.16 Å². The predicted octanol–water partition coefficient (Wildman–Crippen LogP) is 1.30. The average Bonchev–Trinajstić information content (AvgIpc) is 3.09. The highest BCUT2D eigenvalue weighted by atomic mass is 16.5. The van der Waals surface area contributed by atoms with Gasteiger partial charge in [0, 0.05) is 37.3 Å². The van der Waals surface area contributed by atoms with Crippen molar-refractivity contribution >= 4 is 11.7 Å². The van der Waals surface area contributed by atoms with E-state index in [0.717, 1.165) is 36.0 Å². The molecular weight excluding hydrogens is 320 g/mol. The van der Waals surface area contributed by atoms with Gasteiger partial charge in [0.05, 0.1) is 12.0 Å². The highest BCUT2D eigenvalue weighted by Crippen LogP contribution is 2.33. The van der Waals surface area contributed by atoms with E-state index in [1.54, 1.807) is 6.92 Å². The smallest absolute Gasteiger partial charge is 0.232 e. The minimum Gasteiger partial charge on any atom is -0.352 e. The van der Waals surface area contributed by atoms with Crippen molar-refractivity contribution in [2.45, 2.75) is 46.1 Å². The summed E-state index contributed by atoms with van der Waals surface area (Å²) in [6.07, 6.45) is 0.447. The Morgan fingerprint density at radius 2 is 1.76 bits per heavy atom. The summed E-state index contributed by atoms with van der Waals surface area (Å²) in [5, 5.41) is 3.83. The number of anilines is 1. The largest absolute Gasteiger partial charge is 0.352 e. The fourth-order valence-corrected chi connectivity index (χ4v) is 3.61. The van der Waals surface area contributed by atoms with Gasteiger partial charge in [-0.3, -0.25) is 4.79 Å². The van der Waals surface area contributed by atoms with Crippen LogP contribution in [-0.4, -0.2) is 56.6 Å². The second-order valence-corrected chi connectivity index (χ2v) is 6.99. The first-order valence-corrected chi connectivity index (χ1v) is 8.59. The maximum Gasteiger partial charge on any atom is 0.232 e. The average molecular weight is 342 g/mol. The quantitative estimate of drug-likeness (QED) is 0.830. The number of rotatable bonds is 3. The van der Waals surface area contributed by atoms with Crippen molar-refractivity contribution in [1.29, 1.82) is 0 Å². The van der Waals surface area contributed by atoms with E-state index in [2.05, 4.69) is 25.0 Å². The molecule has 0 N–H and O–H groups in total. The van der Waals surface area contributed by atoms with E-state index in [9.17, 15) is 4.79 Å². The molecule has 2 saturated heterocycles. The Balaban J connectivity index is 1.43. The summed E-state index contributed by atoms with van der Waals surface area (Å²) in [7, 11) is 0. The van der Waals surface area contributed by atoms with E-state index in [1.165, 1.54) is 0 Å². The van der Waals surface area contributed by atoms with Crippen LogP contribution >= 0.6 is 0 Å². The number of nitrogens with zero attached hydrogens (tertiary/aromatic N) is 6. The molecule has 0 spiro atoms. The molecule has 0 aromatic carbocycles. The maximum atomic E-state index is 12.4. The molecule has 0 radical (unpaired) electrons. The molecule has 1 unspecified atom stereocenters. The molecule has 2 aliphatic heterocycles. The van der Waals surface area contributed by atoms with Gasteiger partial charge >= 0.3 is 0 Å². The number of likely N-dealkylation sites (tertiary alicyclic amines) is 1. The Bertz CT molecular complexity index is 827. The molecule has 0 aliphatic carbocycles. The van der Waals surface area contributed by atoms with Crippen molar-refractivity contribution in [3.63, 3.8) is 0 Å². The summed E-state index contributed by atoms with van der Waals surface area (Å²) in [5.74, 6) is 3.12. The molecule has 2 aromatic rings. The molecule has 1 atom stereocenters. The summed E-state index contributed by atoms with van der Waals surface area (Å²) >= 11 is 0. The summed E-state index contributed by atoms with van der Waals surface area (Å²) in [6, 6.07) is 0.219. The maximum absolute atomic E-state index is 12.4. The van der Waals surface area contributed by atoms with E-state index < -0.39 is 0 Å². The zero-order valence-corrected chi connectivity index (χ0v) is 15.0. The lowest BCUT2D eigenvalue weighted by Crippen LogP contribution is -2.60. The third kappa shape index (κ3) is 2.75. The molecule has 2 fully saturated rings.